The minimum atomic E-state index is -3.48. The van der Waals surface area contributed by atoms with E-state index in [0.29, 0.717) is 18.5 Å². The summed E-state index contributed by atoms with van der Waals surface area (Å²) < 4.78 is 26.0. The van der Waals surface area contributed by atoms with Gasteiger partial charge in [-0.25, -0.2) is 8.42 Å². The highest BCUT2D eigenvalue weighted by Gasteiger charge is 2.41. The Labute approximate surface area is 148 Å². The fourth-order valence-corrected chi connectivity index (χ4v) is 5.09. The number of carbonyl (C=O) groups is 1. The molecule has 1 heterocycles. The number of rotatable bonds is 4. The van der Waals surface area contributed by atoms with Crippen LogP contribution in [0.15, 0.2) is 54.6 Å². The molecule has 1 unspecified atom stereocenters. The number of nitrogens with zero attached hydrogens (tertiary/aromatic N) is 1. The first-order valence-corrected chi connectivity index (χ1v) is 9.88. The van der Waals surface area contributed by atoms with Crippen molar-refractivity contribution < 1.29 is 13.2 Å². The maximum absolute atomic E-state index is 12.5. The van der Waals surface area contributed by atoms with Crippen LogP contribution in [0.3, 0.4) is 0 Å². The lowest BCUT2D eigenvalue weighted by Crippen LogP contribution is -2.44. The minimum absolute atomic E-state index is 0.0251. The Morgan fingerprint density at radius 3 is 2.20 bits per heavy atom. The third-order valence-corrected chi connectivity index (χ3v) is 6.96. The van der Waals surface area contributed by atoms with Gasteiger partial charge in [0.15, 0.2) is 0 Å². The summed E-state index contributed by atoms with van der Waals surface area (Å²) in [6.45, 7) is 4.09. The van der Waals surface area contributed by atoms with E-state index in [4.69, 9.17) is 0 Å². The predicted molar refractivity (Wildman–Crippen MR) is 98.2 cm³/mol. The molecule has 0 aromatic heterocycles. The van der Waals surface area contributed by atoms with Gasteiger partial charge in [-0.3, -0.25) is 10.2 Å². The Balaban J connectivity index is 1.72. The molecule has 6 heteroatoms. The quantitative estimate of drug-likeness (QED) is 0.913. The molecule has 1 fully saturated rings. The van der Waals surface area contributed by atoms with Gasteiger partial charge >= 0.3 is 0 Å². The zero-order chi connectivity index (χ0) is 18.0. The van der Waals surface area contributed by atoms with E-state index >= 15 is 0 Å². The topological polar surface area (TPSA) is 66.5 Å². The molecule has 1 amide bonds. The number of carbonyl (C=O) groups excluding carboxylic acids is 1. The number of hydrogen-bond donors (Lipinski definition) is 1. The van der Waals surface area contributed by atoms with Crippen molar-refractivity contribution in [1.82, 2.24) is 9.84 Å². The number of sulfonamides is 1. The fourth-order valence-electron chi connectivity index (χ4n) is 3.10. The average molecular weight is 358 g/mol. The highest BCUT2D eigenvalue weighted by Crippen LogP contribution is 2.26. The van der Waals surface area contributed by atoms with Crippen molar-refractivity contribution in [2.24, 2.45) is 5.92 Å². The van der Waals surface area contributed by atoms with Crippen LogP contribution in [-0.4, -0.2) is 30.5 Å². The van der Waals surface area contributed by atoms with Gasteiger partial charge in [0, 0.05) is 12.1 Å². The Kier molecular flexibility index (Phi) is 4.92. The maximum atomic E-state index is 12.5. The minimum Gasteiger partial charge on any atom is -0.271 e. The van der Waals surface area contributed by atoms with Gasteiger partial charge in [0.25, 0.3) is 5.91 Å². The first-order valence-electron chi connectivity index (χ1n) is 8.37. The van der Waals surface area contributed by atoms with E-state index in [9.17, 15) is 13.2 Å². The lowest BCUT2D eigenvalue weighted by molar-refractivity contribution is 0.0884. The molecule has 0 aliphatic carbocycles. The number of hydrazine groups is 1. The van der Waals surface area contributed by atoms with Crippen molar-refractivity contribution in [2.45, 2.75) is 25.5 Å². The van der Waals surface area contributed by atoms with E-state index in [0.717, 1.165) is 15.5 Å². The largest absolute Gasteiger partial charge is 0.271 e. The molecule has 3 rings (SSSR count). The van der Waals surface area contributed by atoms with Crippen molar-refractivity contribution in [3.05, 3.63) is 60.2 Å². The van der Waals surface area contributed by atoms with Gasteiger partial charge in [-0.05, 0) is 35.6 Å². The monoisotopic (exact) mass is 358 g/mol. The van der Waals surface area contributed by atoms with Gasteiger partial charge in [-0.1, -0.05) is 56.3 Å². The summed E-state index contributed by atoms with van der Waals surface area (Å²) in [5.74, 6) is -0.385. The highest BCUT2D eigenvalue weighted by atomic mass is 32.2. The molecule has 0 spiro atoms. The van der Waals surface area contributed by atoms with Crippen molar-refractivity contribution >= 4 is 15.9 Å². The highest BCUT2D eigenvalue weighted by molar-refractivity contribution is 7.90. The summed E-state index contributed by atoms with van der Waals surface area (Å²) in [6.07, 6.45) is 0.535. The van der Waals surface area contributed by atoms with Gasteiger partial charge in [0.2, 0.25) is 10.0 Å². The third-order valence-electron chi connectivity index (χ3n) is 4.53. The zero-order valence-electron chi connectivity index (χ0n) is 14.3. The van der Waals surface area contributed by atoms with Crippen molar-refractivity contribution in [3.8, 4) is 11.1 Å². The van der Waals surface area contributed by atoms with Crippen LogP contribution in [0.4, 0.5) is 0 Å². The molecule has 1 N–H and O–H groups in total. The molecule has 132 valence electrons. The van der Waals surface area contributed by atoms with Crippen LogP contribution in [-0.2, 0) is 10.0 Å². The molecule has 2 aromatic carbocycles. The van der Waals surface area contributed by atoms with Crippen molar-refractivity contribution in [2.75, 3.05) is 6.54 Å². The molecule has 25 heavy (non-hydrogen) atoms. The molecular weight excluding hydrogens is 336 g/mol. The summed E-state index contributed by atoms with van der Waals surface area (Å²) in [5.41, 5.74) is 5.04. The average Bonchev–Trinajstić information content (AvgIpc) is 2.90. The van der Waals surface area contributed by atoms with E-state index in [1.807, 2.05) is 56.3 Å². The van der Waals surface area contributed by atoms with Crippen LogP contribution in [0.1, 0.15) is 30.6 Å². The van der Waals surface area contributed by atoms with Crippen LogP contribution < -0.4 is 5.43 Å². The van der Waals surface area contributed by atoms with Crippen LogP contribution in [0.2, 0.25) is 0 Å². The van der Waals surface area contributed by atoms with Crippen LogP contribution in [0, 0.1) is 5.92 Å². The second-order valence-corrected chi connectivity index (χ2v) is 8.65. The number of nitrogens with one attached hydrogen (secondary N) is 1. The lowest BCUT2D eigenvalue weighted by Gasteiger charge is -2.19. The number of hydrogen-bond acceptors (Lipinski definition) is 3. The number of benzene rings is 2. The Hall–Kier alpha value is -2.18. The standard InChI is InChI=1S/C19H22N2O3S/c1-14(2)18-12-13-21(25(18,23)24)20-19(22)17-10-8-16(9-11-17)15-6-4-3-5-7-15/h3-11,14,18H,12-13H2,1-2H3,(H,20,22). The maximum Gasteiger partial charge on any atom is 0.266 e. The van der Waals surface area contributed by atoms with Crippen LogP contribution in [0.25, 0.3) is 11.1 Å². The molecule has 0 radical (unpaired) electrons. The molecule has 2 aromatic rings. The first kappa shape index (κ1) is 17.6. The van der Waals surface area contributed by atoms with E-state index in [1.165, 1.54) is 0 Å². The summed E-state index contributed by atoms with van der Waals surface area (Å²) >= 11 is 0. The lowest BCUT2D eigenvalue weighted by atomic mass is 10.0. The van der Waals surface area contributed by atoms with Crippen LogP contribution >= 0.6 is 0 Å². The summed E-state index contributed by atoms with van der Waals surface area (Å²) in [4.78, 5) is 12.4. The van der Waals surface area contributed by atoms with Gasteiger partial charge in [-0.2, -0.15) is 0 Å². The smallest absolute Gasteiger partial charge is 0.266 e. The van der Waals surface area contributed by atoms with E-state index in [2.05, 4.69) is 5.43 Å². The van der Waals surface area contributed by atoms with E-state index in [-0.39, 0.29) is 5.92 Å². The van der Waals surface area contributed by atoms with Crippen molar-refractivity contribution in [1.29, 1.82) is 0 Å². The Bertz CT molecular complexity index is 846. The Morgan fingerprint density at radius 2 is 1.64 bits per heavy atom. The van der Waals surface area contributed by atoms with Gasteiger partial charge < -0.3 is 0 Å². The van der Waals surface area contributed by atoms with Gasteiger partial charge in [0.05, 0.1) is 5.25 Å². The van der Waals surface area contributed by atoms with Gasteiger partial charge in [0.1, 0.15) is 0 Å². The fraction of sp³-hybridized carbons (Fsp3) is 0.316. The second-order valence-electron chi connectivity index (χ2n) is 6.57. The normalized spacial score (nSPS) is 19.9. The second kappa shape index (κ2) is 6.98. The third kappa shape index (κ3) is 3.60. The SMILES string of the molecule is CC(C)C1CCN(NC(=O)c2ccc(-c3ccccc3)cc2)S1(=O)=O. The molecule has 1 aliphatic rings. The zero-order valence-corrected chi connectivity index (χ0v) is 15.2. The summed E-state index contributed by atoms with van der Waals surface area (Å²) in [5, 5.41) is -0.437. The summed E-state index contributed by atoms with van der Waals surface area (Å²) in [7, 11) is -3.48. The van der Waals surface area contributed by atoms with Crippen molar-refractivity contribution in [3.63, 3.8) is 0 Å². The number of amides is 1. The molecule has 0 saturated carbocycles. The van der Waals surface area contributed by atoms with Gasteiger partial charge in [-0.15, -0.1) is 4.41 Å². The Morgan fingerprint density at radius 1 is 1.04 bits per heavy atom. The molecule has 0 bridgehead atoms. The first-order chi connectivity index (χ1) is 11.9. The predicted octanol–water partition coefficient (Wildman–Crippen LogP) is 3.06. The summed E-state index contributed by atoms with van der Waals surface area (Å²) in [6, 6.07) is 17.0. The van der Waals surface area contributed by atoms with E-state index in [1.54, 1.807) is 12.1 Å². The molecule has 1 saturated heterocycles. The molecule has 1 atom stereocenters. The molecular formula is C19H22N2O3S. The van der Waals surface area contributed by atoms with Crippen LogP contribution in [0.5, 0.6) is 0 Å². The molecule has 1 aliphatic heterocycles. The molecule has 5 nitrogen and oxygen atoms in total. The van der Waals surface area contributed by atoms with E-state index < -0.39 is 21.2 Å².